The van der Waals surface area contributed by atoms with Crippen molar-refractivity contribution in [2.24, 2.45) is 11.8 Å². The molecule has 2 fully saturated rings. The highest BCUT2D eigenvalue weighted by atomic mass is 16.5. The maximum atomic E-state index is 13.7. The Kier molecular flexibility index (Phi) is 5.05. The molecule has 0 aromatic carbocycles. The van der Waals surface area contributed by atoms with Crippen LogP contribution >= 0.6 is 0 Å². The van der Waals surface area contributed by atoms with Crippen LogP contribution in [0.3, 0.4) is 0 Å². The Hall–Kier alpha value is -2.19. The fourth-order valence-corrected chi connectivity index (χ4v) is 5.61. The highest BCUT2D eigenvalue weighted by molar-refractivity contribution is 6.00. The molecule has 1 unspecified atom stereocenters. The van der Waals surface area contributed by atoms with Crippen LogP contribution in [0.2, 0.25) is 0 Å². The molecule has 0 aromatic heterocycles. The highest BCUT2D eigenvalue weighted by Crippen LogP contribution is 2.57. The first-order valence-corrected chi connectivity index (χ1v) is 10.7. The van der Waals surface area contributed by atoms with Crippen molar-refractivity contribution in [3.8, 4) is 0 Å². The van der Waals surface area contributed by atoms with Gasteiger partial charge < -0.3 is 24.5 Å². The Balaban J connectivity index is 1.87. The summed E-state index contributed by atoms with van der Waals surface area (Å²) in [6.07, 6.45) is 7.86. The van der Waals surface area contributed by atoms with Gasteiger partial charge in [-0.2, -0.15) is 0 Å². The van der Waals surface area contributed by atoms with Crippen LogP contribution in [-0.4, -0.2) is 94.1 Å². The third-order valence-electron chi connectivity index (χ3n) is 6.97. The number of likely N-dealkylation sites (N-methyl/N-ethyl adjacent to an activating group) is 1. The van der Waals surface area contributed by atoms with Gasteiger partial charge in [0.25, 0.3) is 0 Å². The first-order valence-electron chi connectivity index (χ1n) is 10.7. The van der Waals surface area contributed by atoms with Gasteiger partial charge in [0.05, 0.1) is 17.4 Å². The predicted octanol–water partition coefficient (Wildman–Crippen LogP) is 0.175. The average molecular weight is 418 g/mol. The summed E-state index contributed by atoms with van der Waals surface area (Å²) in [6, 6.07) is -0.890. The minimum absolute atomic E-state index is 0.0405. The number of nitrogens with zero attached hydrogens (tertiary/aromatic N) is 3. The Labute approximate surface area is 177 Å². The van der Waals surface area contributed by atoms with Crippen LogP contribution in [0.15, 0.2) is 24.3 Å². The molecule has 1 N–H and O–H groups in total. The third-order valence-corrected chi connectivity index (χ3v) is 6.97. The monoisotopic (exact) mass is 417 g/mol. The maximum absolute atomic E-state index is 13.7. The zero-order valence-electron chi connectivity index (χ0n) is 18.1. The zero-order chi connectivity index (χ0) is 21.8. The summed E-state index contributed by atoms with van der Waals surface area (Å²) in [5, 5.41) is 9.37. The lowest BCUT2D eigenvalue weighted by Gasteiger charge is -2.38. The third kappa shape index (κ3) is 2.76. The van der Waals surface area contributed by atoms with Gasteiger partial charge in [0.2, 0.25) is 17.7 Å². The van der Waals surface area contributed by atoms with E-state index in [2.05, 4.69) is 0 Å². The molecule has 0 saturated carbocycles. The smallest absolute Gasteiger partial charge is 0.249 e. The fraction of sp³-hybridized carbons (Fsp3) is 0.682. The molecule has 8 nitrogen and oxygen atoms in total. The molecule has 164 valence electrons. The van der Waals surface area contributed by atoms with E-state index in [0.717, 1.165) is 0 Å². The summed E-state index contributed by atoms with van der Waals surface area (Å²) < 4.78 is 6.63. The molecule has 0 aliphatic carbocycles. The minimum Gasteiger partial charge on any atom is -0.396 e. The molecule has 0 radical (unpaired) electrons. The Bertz CT molecular complexity index is 824. The molecular formula is C22H31N3O5. The second kappa shape index (κ2) is 7.20. The average Bonchev–Trinajstić information content (AvgIpc) is 2.95. The van der Waals surface area contributed by atoms with Gasteiger partial charge in [0.1, 0.15) is 11.6 Å². The molecule has 30 heavy (non-hydrogen) atoms. The van der Waals surface area contributed by atoms with E-state index in [-0.39, 0.29) is 36.9 Å². The van der Waals surface area contributed by atoms with Crippen molar-refractivity contribution >= 4 is 17.7 Å². The largest absolute Gasteiger partial charge is 0.396 e. The zero-order valence-corrected chi connectivity index (χ0v) is 18.1. The Morgan fingerprint density at radius 2 is 1.80 bits per heavy atom. The van der Waals surface area contributed by atoms with Crippen LogP contribution in [0, 0.1) is 11.8 Å². The summed E-state index contributed by atoms with van der Waals surface area (Å²) in [7, 11) is 1.72. The van der Waals surface area contributed by atoms with Gasteiger partial charge in [-0.15, -0.1) is 0 Å². The van der Waals surface area contributed by atoms with Crippen molar-refractivity contribution in [1.82, 2.24) is 14.7 Å². The van der Waals surface area contributed by atoms with E-state index in [4.69, 9.17) is 4.74 Å². The van der Waals surface area contributed by atoms with Gasteiger partial charge in [0, 0.05) is 39.3 Å². The lowest BCUT2D eigenvalue weighted by atomic mass is 9.74. The molecule has 4 aliphatic heterocycles. The van der Waals surface area contributed by atoms with Crippen LogP contribution in [0.4, 0.5) is 0 Å². The van der Waals surface area contributed by atoms with Crippen LogP contribution in [0.1, 0.15) is 27.2 Å². The molecule has 8 heteroatoms. The summed E-state index contributed by atoms with van der Waals surface area (Å²) in [5.41, 5.74) is -2.17. The van der Waals surface area contributed by atoms with E-state index >= 15 is 0 Å². The molecule has 5 atom stereocenters. The summed E-state index contributed by atoms with van der Waals surface area (Å²) >= 11 is 0. The SMILES string of the molecule is CC(C)N1CC=C[C@]23O[C@@]4(C)C=CCN(C)C(=O)[C@H]4[C@H]2C(=O)N(CCCO)C3C1=O. The molecule has 1 spiro atoms. The Morgan fingerprint density at radius 1 is 1.10 bits per heavy atom. The normalized spacial score (nSPS) is 38.1. The number of aliphatic hydroxyl groups excluding tert-OH is 1. The number of carbonyl (C=O) groups is 3. The van der Waals surface area contributed by atoms with E-state index < -0.39 is 29.1 Å². The number of amides is 3. The summed E-state index contributed by atoms with van der Waals surface area (Å²) in [6.45, 7) is 6.77. The quantitative estimate of drug-likeness (QED) is 0.659. The van der Waals surface area contributed by atoms with E-state index in [1.54, 1.807) is 16.8 Å². The second-order valence-electron chi connectivity index (χ2n) is 9.21. The number of hydrogen-bond donors (Lipinski definition) is 1. The van der Waals surface area contributed by atoms with Gasteiger partial charge in [0.15, 0.2) is 0 Å². The number of hydrogen-bond acceptors (Lipinski definition) is 5. The number of ether oxygens (including phenoxy) is 1. The predicted molar refractivity (Wildman–Crippen MR) is 109 cm³/mol. The van der Waals surface area contributed by atoms with Gasteiger partial charge in [-0.05, 0) is 27.2 Å². The summed E-state index contributed by atoms with van der Waals surface area (Å²) in [5.74, 6) is -2.06. The first kappa shape index (κ1) is 21.1. The molecular weight excluding hydrogens is 386 g/mol. The molecule has 0 aromatic rings. The van der Waals surface area contributed by atoms with Crippen molar-refractivity contribution in [3.63, 3.8) is 0 Å². The topological polar surface area (TPSA) is 90.4 Å². The van der Waals surface area contributed by atoms with E-state index in [9.17, 15) is 19.5 Å². The number of likely N-dealkylation sites (tertiary alicyclic amines) is 1. The summed E-state index contributed by atoms with van der Waals surface area (Å²) in [4.78, 5) is 45.6. The molecule has 4 heterocycles. The van der Waals surface area contributed by atoms with Crippen LogP contribution in [-0.2, 0) is 19.1 Å². The van der Waals surface area contributed by atoms with E-state index in [1.165, 1.54) is 4.90 Å². The molecule has 4 aliphatic rings. The van der Waals surface area contributed by atoms with Crippen molar-refractivity contribution < 1.29 is 24.2 Å². The first-order chi connectivity index (χ1) is 14.2. The van der Waals surface area contributed by atoms with Crippen molar-refractivity contribution in [1.29, 1.82) is 0 Å². The molecule has 2 saturated heterocycles. The molecule has 0 bridgehead atoms. The van der Waals surface area contributed by atoms with Gasteiger partial charge in [-0.3, -0.25) is 14.4 Å². The van der Waals surface area contributed by atoms with E-state index in [1.807, 2.05) is 45.1 Å². The molecule has 4 rings (SSSR count). The lowest BCUT2D eigenvalue weighted by molar-refractivity contribution is -0.153. The second-order valence-corrected chi connectivity index (χ2v) is 9.21. The number of rotatable bonds is 4. The number of carbonyl (C=O) groups excluding carboxylic acids is 3. The van der Waals surface area contributed by atoms with Gasteiger partial charge >= 0.3 is 0 Å². The van der Waals surface area contributed by atoms with Crippen molar-refractivity contribution in [2.75, 3.05) is 33.3 Å². The number of aliphatic hydroxyl groups is 1. The van der Waals surface area contributed by atoms with Crippen molar-refractivity contribution in [3.05, 3.63) is 24.3 Å². The van der Waals surface area contributed by atoms with Crippen LogP contribution < -0.4 is 0 Å². The van der Waals surface area contributed by atoms with Crippen LogP contribution in [0.5, 0.6) is 0 Å². The lowest BCUT2D eigenvalue weighted by Crippen LogP contribution is -2.57. The fourth-order valence-electron chi connectivity index (χ4n) is 5.61. The van der Waals surface area contributed by atoms with Gasteiger partial charge in [-0.1, -0.05) is 24.3 Å². The standard InChI is InChI=1S/C22H31N3O5/c1-14(2)24-11-6-9-22-16(19(28)25(12-7-13-26)17(22)20(24)29)15-18(27)23(4)10-5-8-21(15,3)30-22/h5-6,8-9,14-17,26H,7,10-13H2,1-4H3/t15-,16+,17?,21+,22+/m1/s1. The maximum Gasteiger partial charge on any atom is 0.249 e. The Morgan fingerprint density at radius 3 is 2.47 bits per heavy atom. The van der Waals surface area contributed by atoms with E-state index in [0.29, 0.717) is 19.5 Å². The van der Waals surface area contributed by atoms with Gasteiger partial charge in [-0.25, -0.2) is 0 Å². The van der Waals surface area contributed by atoms with Crippen LogP contribution in [0.25, 0.3) is 0 Å². The minimum atomic E-state index is -1.20. The number of fused-ring (bicyclic) bond motifs is 2. The molecule has 3 amide bonds. The van der Waals surface area contributed by atoms with Crippen molar-refractivity contribution in [2.45, 2.75) is 50.5 Å². The highest BCUT2D eigenvalue weighted by Gasteiger charge is 2.74.